The number of hydrogen-bond acceptors (Lipinski definition) is 5. The number of ketones is 1. The molecule has 17 heavy (non-hydrogen) atoms. The highest BCUT2D eigenvalue weighted by molar-refractivity contribution is 6.40. The molecule has 0 saturated carbocycles. The molecule has 0 heterocycles. The van der Waals surface area contributed by atoms with Crippen molar-refractivity contribution in [2.24, 2.45) is 0 Å². The maximum absolute atomic E-state index is 11.3. The highest BCUT2D eigenvalue weighted by Crippen LogP contribution is 2.20. The van der Waals surface area contributed by atoms with Crippen LogP contribution in [-0.4, -0.2) is 24.8 Å². The Bertz CT molecular complexity index is 482. The number of benzene rings is 1. The van der Waals surface area contributed by atoms with Gasteiger partial charge < -0.3 is 15.8 Å². The van der Waals surface area contributed by atoms with Gasteiger partial charge in [0.25, 0.3) is 5.91 Å². The average Bonchev–Trinajstić information content (AvgIpc) is 2.30. The second-order valence-corrected chi connectivity index (χ2v) is 3.30. The van der Waals surface area contributed by atoms with Crippen LogP contribution in [-0.2, 0) is 14.3 Å². The fourth-order valence-corrected chi connectivity index (χ4v) is 1.12. The van der Waals surface area contributed by atoms with E-state index in [1.165, 1.54) is 25.3 Å². The van der Waals surface area contributed by atoms with Crippen LogP contribution in [0.25, 0.3) is 0 Å². The van der Waals surface area contributed by atoms with E-state index in [4.69, 9.17) is 5.73 Å². The number of nitrogens with one attached hydrogen (secondary N) is 1. The molecule has 1 aromatic rings. The highest BCUT2D eigenvalue weighted by atomic mass is 16.5. The van der Waals surface area contributed by atoms with Gasteiger partial charge in [-0.25, -0.2) is 4.79 Å². The first-order valence-electron chi connectivity index (χ1n) is 4.75. The van der Waals surface area contributed by atoms with Gasteiger partial charge in [-0.05, 0) is 18.2 Å². The highest BCUT2D eigenvalue weighted by Gasteiger charge is 2.12. The largest absolute Gasteiger partial charge is 0.465 e. The van der Waals surface area contributed by atoms with Gasteiger partial charge in [-0.2, -0.15) is 0 Å². The quantitative estimate of drug-likeness (QED) is 0.454. The van der Waals surface area contributed by atoms with Crippen molar-refractivity contribution in [1.82, 2.24) is 0 Å². The number of carbonyl (C=O) groups excluding carboxylic acids is 3. The molecule has 0 aliphatic carbocycles. The van der Waals surface area contributed by atoms with Crippen LogP contribution in [0.5, 0.6) is 0 Å². The van der Waals surface area contributed by atoms with Gasteiger partial charge in [-0.1, -0.05) is 0 Å². The Hall–Kier alpha value is -2.37. The molecule has 90 valence electrons. The summed E-state index contributed by atoms with van der Waals surface area (Å²) in [5.74, 6) is -1.99. The Labute approximate surface area is 97.7 Å². The molecule has 0 atom stereocenters. The van der Waals surface area contributed by atoms with Crippen molar-refractivity contribution in [3.63, 3.8) is 0 Å². The molecule has 3 N–H and O–H groups in total. The van der Waals surface area contributed by atoms with Gasteiger partial charge in [0, 0.05) is 6.92 Å². The number of nitrogen functional groups attached to an aromatic ring is 1. The lowest BCUT2D eigenvalue weighted by atomic mass is 10.1. The minimum atomic E-state index is -0.793. The molecule has 1 rings (SSSR count). The zero-order valence-corrected chi connectivity index (χ0v) is 9.44. The van der Waals surface area contributed by atoms with Crippen LogP contribution in [0.4, 0.5) is 11.4 Å². The topological polar surface area (TPSA) is 98.5 Å². The van der Waals surface area contributed by atoms with Crippen LogP contribution in [0.2, 0.25) is 0 Å². The molecule has 0 aliphatic rings. The Balaban J connectivity index is 3.02. The first kappa shape index (κ1) is 12.7. The fourth-order valence-electron chi connectivity index (χ4n) is 1.12. The Morgan fingerprint density at radius 3 is 2.47 bits per heavy atom. The Morgan fingerprint density at radius 2 is 1.94 bits per heavy atom. The maximum atomic E-state index is 11.3. The van der Waals surface area contributed by atoms with Crippen molar-refractivity contribution >= 4 is 29.0 Å². The number of hydrogen-bond donors (Lipinski definition) is 2. The minimum absolute atomic E-state index is 0.202. The van der Waals surface area contributed by atoms with E-state index in [9.17, 15) is 14.4 Å². The third-order valence-electron chi connectivity index (χ3n) is 2.04. The van der Waals surface area contributed by atoms with Crippen LogP contribution in [0.3, 0.4) is 0 Å². The number of anilines is 2. The lowest BCUT2D eigenvalue weighted by molar-refractivity contribution is -0.133. The van der Waals surface area contributed by atoms with Gasteiger partial charge in [0.15, 0.2) is 0 Å². The molecule has 0 bridgehead atoms. The number of methoxy groups -OCH3 is 1. The Kier molecular flexibility index (Phi) is 3.82. The van der Waals surface area contributed by atoms with Crippen molar-refractivity contribution < 1.29 is 19.1 Å². The molecule has 0 radical (unpaired) electrons. The van der Waals surface area contributed by atoms with E-state index in [1.54, 1.807) is 0 Å². The molecule has 0 fully saturated rings. The first-order chi connectivity index (χ1) is 7.95. The molecular formula is C11H12N2O4. The first-order valence-corrected chi connectivity index (χ1v) is 4.75. The van der Waals surface area contributed by atoms with Crippen LogP contribution in [0.15, 0.2) is 18.2 Å². The molecule has 0 aromatic heterocycles. The summed E-state index contributed by atoms with van der Waals surface area (Å²) in [4.78, 5) is 33.2. The standard InChI is InChI=1S/C11H12N2O4/c1-6(14)10(15)13-9-5-7(11(16)17-2)3-4-8(9)12/h3-5H,12H2,1-2H3,(H,13,15). The normalized spacial score (nSPS) is 9.53. The summed E-state index contributed by atoms with van der Waals surface area (Å²) in [5, 5.41) is 2.31. The lowest BCUT2D eigenvalue weighted by Gasteiger charge is -2.08. The van der Waals surface area contributed by atoms with E-state index in [0.29, 0.717) is 0 Å². The van der Waals surface area contributed by atoms with Gasteiger partial charge >= 0.3 is 5.97 Å². The third-order valence-corrected chi connectivity index (χ3v) is 2.04. The molecule has 0 unspecified atom stereocenters. The van der Waals surface area contributed by atoms with Gasteiger partial charge in [-0.3, -0.25) is 9.59 Å². The summed E-state index contributed by atoms with van der Waals surface area (Å²) in [6.45, 7) is 1.13. The average molecular weight is 236 g/mol. The van der Waals surface area contributed by atoms with Crippen molar-refractivity contribution in [3.8, 4) is 0 Å². The smallest absolute Gasteiger partial charge is 0.337 e. The summed E-state index contributed by atoms with van der Waals surface area (Å²) < 4.78 is 4.52. The predicted octanol–water partition coefficient (Wildman–Crippen LogP) is 0.583. The lowest BCUT2D eigenvalue weighted by Crippen LogP contribution is -2.20. The summed E-state index contributed by atoms with van der Waals surface area (Å²) in [6, 6.07) is 4.26. The predicted molar refractivity (Wildman–Crippen MR) is 61.5 cm³/mol. The van der Waals surface area contributed by atoms with Gasteiger partial charge in [-0.15, -0.1) is 0 Å². The molecule has 6 heteroatoms. The number of esters is 1. The van der Waals surface area contributed by atoms with Crippen molar-refractivity contribution in [1.29, 1.82) is 0 Å². The minimum Gasteiger partial charge on any atom is -0.465 e. The van der Waals surface area contributed by atoms with E-state index in [-0.39, 0.29) is 16.9 Å². The molecular weight excluding hydrogens is 224 g/mol. The number of nitrogens with two attached hydrogens (primary N) is 1. The molecule has 0 aliphatic heterocycles. The second-order valence-electron chi connectivity index (χ2n) is 3.30. The van der Waals surface area contributed by atoms with Gasteiger partial charge in [0.1, 0.15) is 0 Å². The van der Waals surface area contributed by atoms with E-state index in [1.807, 2.05) is 0 Å². The summed E-state index contributed by atoms with van der Waals surface area (Å²) in [5.41, 5.74) is 6.30. The molecule has 0 saturated heterocycles. The van der Waals surface area contributed by atoms with E-state index in [0.717, 1.165) is 6.92 Å². The second kappa shape index (κ2) is 5.11. The van der Waals surface area contributed by atoms with Crippen LogP contribution >= 0.6 is 0 Å². The summed E-state index contributed by atoms with van der Waals surface area (Å²) >= 11 is 0. The van der Waals surface area contributed by atoms with Crippen LogP contribution in [0.1, 0.15) is 17.3 Å². The number of Topliss-reactive ketones (excluding diaryl/α,β-unsaturated/α-hetero) is 1. The van der Waals surface area contributed by atoms with E-state index in [2.05, 4.69) is 10.1 Å². The van der Waals surface area contributed by atoms with Crippen LogP contribution in [0, 0.1) is 0 Å². The number of ether oxygens (including phenoxy) is 1. The Morgan fingerprint density at radius 1 is 1.29 bits per heavy atom. The van der Waals surface area contributed by atoms with Gasteiger partial charge in [0.05, 0.1) is 24.0 Å². The molecule has 6 nitrogen and oxygen atoms in total. The molecule has 1 amide bonds. The molecule has 0 spiro atoms. The van der Waals surface area contributed by atoms with Crippen molar-refractivity contribution in [2.75, 3.05) is 18.2 Å². The summed E-state index contributed by atoms with van der Waals surface area (Å²) in [6.07, 6.45) is 0. The summed E-state index contributed by atoms with van der Waals surface area (Å²) in [7, 11) is 1.24. The molecule has 1 aromatic carbocycles. The monoisotopic (exact) mass is 236 g/mol. The fraction of sp³-hybridized carbons (Fsp3) is 0.182. The number of rotatable bonds is 3. The van der Waals surface area contributed by atoms with E-state index >= 15 is 0 Å². The number of amides is 1. The van der Waals surface area contributed by atoms with Crippen molar-refractivity contribution in [3.05, 3.63) is 23.8 Å². The number of carbonyl (C=O) groups is 3. The maximum Gasteiger partial charge on any atom is 0.337 e. The SMILES string of the molecule is COC(=O)c1ccc(N)c(NC(=O)C(C)=O)c1. The zero-order chi connectivity index (χ0) is 13.0. The van der Waals surface area contributed by atoms with Gasteiger partial charge in [0.2, 0.25) is 5.78 Å². The third kappa shape index (κ3) is 3.04. The van der Waals surface area contributed by atoms with E-state index < -0.39 is 17.7 Å². The van der Waals surface area contributed by atoms with Crippen LogP contribution < -0.4 is 11.1 Å². The zero-order valence-electron chi connectivity index (χ0n) is 9.44. The van der Waals surface area contributed by atoms with Crippen molar-refractivity contribution in [2.45, 2.75) is 6.92 Å².